The van der Waals surface area contributed by atoms with Crippen molar-refractivity contribution in [2.75, 3.05) is 13.3 Å². The maximum Gasteiger partial charge on any atom is 0.122 e. The third kappa shape index (κ3) is 5.23. The minimum Gasteiger partial charge on any atom is -0.496 e. The SMILES string of the molecule is COc1cc(C)c(C=C/C(C)=C/C[P+](c2ccccc2)(c2ccccc2)c2ccccc2)c(C)c1C. The molecular weight excluding hydrogens is 455 g/mol. The molecule has 2 heteroatoms. The maximum atomic E-state index is 5.56. The topological polar surface area (TPSA) is 9.23 Å². The van der Waals surface area contributed by atoms with Gasteiger partial charge in [0.15, 0.2) is 0 Å². The van der Waals surface area contributed by atoms with Gasteiger partial charge in [0.25, 0.3) is 0 Å². The molecule has 0 aliphatic heterocycles. The summed E-state index contributed by atoms with van der Waals surface area (Å²) in [4.78, 5) is 0. The van der Waals surface area contributed by atoms with E-state index in [2.05, 4.69) is 143 Å². The van der Waals surface area contributed by atoms with Crippen molar-refractivity contribution in [2.24, 2.45) is 0 Å². The fraction of sp³-hybridized carbons (Fsp3) is 0.176. The van der Waals surface area contributed by atoms with Crippen molar-refractivity contribution in [3.63, 3.8) is 0 Å². The molecule has 0 heterocycles. The summed E-state index contributed by atoms with van der Waals surface area (Å²) in [7, 11) is -0.126. The molecule has 0 radical (unpaired) electrons. The lowest BCUT2D eigenvalue weighted by Gasteiger charge is -2.26. The van der Waals surface area contributed by atoms with Crippen LogP contribution in [0.15, 0.2) is 115 Å². The van der Waals surface area contributed by atoms with Gasteiger partial charge in [-0.05, 0) is 98.5 Å². The van der Waals surface area contributed by atoms with Crippen molar-refractivity contribution < 1.29 is 4.74 Å². The van der Waals surface area contributed by atoms with Gasteiger partial charge in [0.05, 0.1) is 13.3 Å². The first-order valence-corrected chi connectivity index (χ1v) is 14.5. The molecule has 0 spiro atoms. The van der Waals surface area contributed by atoms with Crippen molar-refractivity contribution in [2.45, 2.75) is 27.7 Å². The van der Waals surface area contributed by atoms with Gasteiger partial charge in [-0.2, -0.15) is 0 Å². The van der Waals surface area contributed by atoms with E-state index in [9.17, 15) is 0 Å². The smallest absolute Gasteiger partial charge is 0.122 e. The van der Waals surface area contributed by atoms with Crippen molar-refractivity contribution >= 4 is 29.3 Å². The van der Waals surface area contributed by atoms with Crippen LogP contribution in [0.25, 0.3) is 6.08 Å². The first-order valence-electron chi connectivity index (χ1n) is 12.5. The molecule has 0 aliphatic carbocycles. The van der Waals surface area contributed by atoms with E-state index in [-0.39, 0.29) is 0 Å². The summed E-state index contributed by atoms with van der Waals surface area (Å²) in [6.45, 7) is 8.68. The van der Waals surface area contributed by atoms with Crippen molar-refractivity contribution in [1.29, 1.82) is 0 Å². The monoisotopic (exact) mass is 491 g/mol. The molecule has 0 atom stereocenters. The summed E-state index contributed by atoms with van der Waals surface area (Å²) < 4.78 is 5.56. The average molecular weight is 492 g/mol. The zero-order valence-electron chi connectivity index (χ0n) is 22.0. The Balaban J connectivity index is 1.78. The van der Waals surface area contributed by atoms with Gasteiger partial charge in [-0.1, -0.05) is 72.3 Å². The highest BCUT2D eigenvalue weighted by molar-refractivity contribution is 7.95. The van der Waals surface area contributed by atoms with Crippen molar-refractivity contribution in [1.82, 2.24) is 0 Å². The van der Waals surface area contributed by atoms with Crippen LogP contribution in [-0.4, -0.2) is 13.3 Å². The number of methoxy groups -OCH3 is 1. The van der Waals surface area contributed by atoms with Crippen LogP contribution in [0.5, 0.6) is 5.75 Å². The number of rotatable bonds is 8. The lowest BCUT2D eigenvalue weighted by atomic mass is 9.96. The van der Waals surface area contributed by atoms with Crippen LogP contribution in [0, 0.1) is 20.8 Å². The maximum absolute atomic E-state index is 5.56. The van der Waals surface area contributed by atoms with Gasteiger partial charge < -0.3 is 4.74 Å². The van der Waals surface area contributed by atoms with Gasteiger partial charge in [0, 0.05) is 0 Å². The number of aryl methyl sites for hydroxylation is 1. The number of hydrogen-bond acceptors (Lipinski definition) is 1. The van der Waals surface area contributed by atoms with Gasteiger partial charge in [0.2, 0.25) is 0 Å². The molecular formula is C34H36OP+. The number of allylic oxidation sites excluding steroid dienone is 3. The molecule has 0 N–H and O–H groups in total. The summed E-state index contributed by atoms with van der Waals surface area (Å²) in [6, 6.07) is 35.3. The lowest BCUT2D eigenvalue weighted by Crippen LogP contribution is -2.33. The number of benzene rings is 4. The molecule has 0 amide bonds. The van der Waals surface area contributed by atoms with Gasteiger partial charge in [-0.3, -0.25) is 0 Å². The van der Waals surface area contributed by atoms with Crippen LogP contribution in [0.3, 0.4) is 0 Å². The lowest BCUT2D eigenvalue weighted by molar-refractivity contribution is 0.411. The highest BCUT2D eigenvalue weighted by Crippen LogP contribution is 2.55. The van der Waals surface area contributed by atoms with E-state index in [0.717, 1.165) is 11.9 Å². The Hall–Kier alpha value is -3.41. The molecule has 4 aromatic rings. The Morgan fingerprint density at radius 2 is 1.19 bits per heavy atom. The Labute approximate surface area is 217 Å². The van der Waals surface area contributed by atoms with Crippen LogP contribution >= 0.6 is 7.26 Å². The average Bonchev–Trinajstić information content (AvgIpc) is 2.93. The van der Waals surface area contributed by atoms with Crippen LogP contribution in [0.2, 0.25) is 0 Å². The highest BCUT2D eigenvalue weighted by Gasteiger charge is 2.44. The summed E-state index contributed by atoms with van der Waals surface area (Å²) >= 11 is 0. The normalized spacial score (nSPS) is 12.2. The summed E-state index contributed by atoms with van der Waals surface area (Å²) in [6.07, 6.45) is 7.92. The molecule has 0 unspecified atom stereocenters. The van der Waals surface area contributed by atoms with E-state index in [1.54, 1.807) is 7.11 Å². The third-order valence-electron chi connectivity index (χ3n) is 7.12. The van der Waals surface area contributed by atoms with Crippen molar-refractivity contribution in [3.8, 4) is 5.75 Å². The molecule has 4 rings (SSSR count). The molecule has 1 nitrogen and oxygen atoms in total. The standard InChI is InChI=1S/C34H36OP/c1-26(21-22-33-27(2)25-34(35-5)29(4)28(33)3)23-24-36(30-15-9-6-10-16-30,31-17-11-7-12-18-31)32-19-13-8-14-20-32/h6-23,25H,24H2,1-5H3/q+1/b22-21?,26-23+. The quantitative estimate of drug-likeness (QED) is 0.182. The molecule has 4 aromatic carbocycles. The molecule has 0 fully saturated rings. The minimum atomic E-state index is -1.87. The molecule has 36 heavy (non-hydrogen) atoms. The zero-order valence-corrected chi connectivity index (χ0v) is 22.9. The summed E-state index contributed by atoms with van der Waals surface area (Å²) in [5.41, 5.74) is 6.26. The summed E-state index contributed by atoms with van der Waals surface area (Å²) in [5, 5.41) is 4.23. The predicted octanol–water partition coefficient (Wildman–Crippen LogP) is 7.57. The Morgan fingerprint density at radius 3 is 1.64 bits per heavy atom. The third-order valence-corrected chi connectivity index (χ3v) is 11.4. The van der Waals surface area contributed by atoms with Gasteiger partial charge in [-0.15, -0.1) is 0 Å². The van der Waals surface area contributed by atoms with Gasteiger partial charge in [-0.25, -0.2) is 0 Å². The number of hydrogen-bond donors (Lipinski definition) is 0. The molecule has 0 bridgehead atoms. The summed E-state index contributed by atoms with van der Waals surface area (Å²) in [5.74, 6) is 0.956. The highest BCUT2D eigenvalue weighted by atomic mass is 31.2. The van der Waals surface area contributed by atoms with Gasteiger partial charge >= 0.3 is 0 Å². The second kappa shape index (κ2) is 11.5. The first kappa shape index (κ1) is 25.7. The van der Waals surface area contributed by atoms with E-state index in [0.29, 0.717) is 0 Å². The van der Waals surface area contributed by atoms with Crippen molar-refractivity contribution in [3.05, 3.63) is 137 Å². The second-order valence-electron chi connectivity index (χ2n) is 9.34. The molecule has 0 aliphatic rings. The van der Waals surface area contributed by atoms with Crippen LogP contribution in [0.1, 0.15) is 29.2 Å². The Morgan fingerprint density at radius 1 is 0.722 bits per heavy atom. The largest absolute Gasteiger partial charge is 0.496 e. The van der Waals surface area contributed by atoms with Crippen LogP contribution in [0.4, 0.5) is 0 Å². The molecule has 0 saturated heterocycles. The van der Waals surface area contributed by atoms with E-state index in [1.807, 2.05) is 0 Å². The Kier molecular flexibility index (Phi) is 8.24. The van der Waals surface area contributed by atoms with E-state index in [4.69, 9.17) is 4.74 Å². The predicted molar refractivity (Wildman–Crippen MR) is 160 cm³/mol. The first-order chi connectivity index (χ1) is 17.5. The Bertz CT molecular complexity index is 1260. The van der Waals surface area contributed by atoms with E-state index in [1.165, 1.54) is 43.7 Å². The fourth-order valence-electron chi connectivity index (χ4n) is 4.91. The minimum absolute atomic E-state index is 0.956. The number of ether oxygens (including phenoxy) is 1. The van der Waals surface area contributed by atoms with Crippen LogP contribution in [-0.2, 0) is 0 Å². The fourth-order valence-corrected chi connectivity index (χ4v) is 9.04. The van der Waals surface area contributed by atoms with Crippen LogP contribution < -0.4 is 20.7 Å². The second-order valence-corrected chi connectivity index (χ2v) is 12.9. The van der Waals surface area contributed by atoms with E-state index < -0.39 is 7.26 Å². The van der Waals surface area contributed by atoms with E-state index >= 15 is 0 Å². The zero-order chi connectivity index (χ0) is 25.5. The molecule has 0 saturated carbocycles. The van der Waals surface area contributed by atoms with Gasteiger partial charge in [0.1, 0.15) is 28.9 Å². The molecule has 182 valence electrons. The molecule has 0 aromatic heterocycles.